The van der Waals surface area contributed by atoms with Gasteiger partial charge in [0.15, 0.2) is 5.78 Å². The Hall–Kier alpha value is -2.70. The zero-order chi connectivity index (χ0) is 19.9. The smallest absolute Gasteiger partial charge is 0.246 e. The molecule has 1 unspecified atom stereocenters. The number of hydrogen-bond acceptors (Lipinski definition) is 5. The molecule has 1 aliphatic rings. The van der Waals surface area contributed by atoms with E-state index in [4.69, 9.17) is 21.1 Å². The first-order valence-corrected chi connectivity index (χ1v) is 9.33. The molecule has 2 aromatic rings. The van der Waals surface area contributed by atoms with Crippen molar-refractivity contribution in [3.8, 4) is 5.75 Å². The minimum Gasteiger partial charge on any atom is -0.490 e. The quantitative estimate of drug-likeness (QED) is 0.550. The highest BCUT2D eigenvalue weighted by Gasteiger charge is 2.24. The van der Waals surface area contributed by atoms with Crippen molar-refractivity contribution in [3.63, 3.8) is 0 Å². The van der Waals surface area contributed by atoms with Crippen molar-refractivity contribution in [2.24, 2.45) is 0 Å². The summed E-state index contributed by atoms with van der Waals surface area (Å²) in [4.78, 5) is 30.1. The van der Waals surface area contributed by atoms with Gasteiger partial charge in [-0.3, -0.25) is 14.6 Å². The Morgan fingerprint density at radius 2 is 2.21 bits per heavy atom. The number of aromatic nitrogens is 1. The van der Waals surface area contributed by atoms with E-state index in [0.717, 1.165) is 5.69 Å². The second-order valence-electron chi connectivity index (χ2n) is 6.37. The normalized spacial score (nSPS) is 16.9. The molecule has 0 spiro atoms. The summed E-state index contributed by atoms with van der Waals surface area (Å²) in [6.07, 6.45) is 4.60. The lowest BCUT2D eigenvalue weighted by molar-refractivity contribution is -0.134. The second-order valence-corrected chi connectivity index (χ2v) is 6.81. The molecule has 1 aliphatic heterocycles. The molecule has 1 amide bonds. The third-order valence-corrected chi connectivity index (χ3v) is 4.52. The summed E-state index contributed by atoms with van der Waals surface area (Å²) in [7, 11) is 0. The van der Waals surface area contributed by atoms with E-state index in [-0.39, 0.29) is 24.4 Å². The number of pyridine rings is 1. The zero-order valence-corrected chi connectivity index (χ0v) is 16.3. The fourth-order valence-electron chi connectivity index (χ4n) is 2.84. The molecule has 7 heteroatoms. The molecule has 0 N–H and O–H groups in total. The monoisotopic (exact) mass is 400 g/mol. The number of ketones is 1. The van der Waals surface area contributed by atoms with Gasteiger partial charge in [0.2, 0.25) is 5.91 Å². The van der Waals surface area contributed by atoms with Crippen molar-refractivity contribution in [1.29, 1.82) is 0 Å². The summed E-state index contributed by atoms with van der Waals surface area (Å²) in [6, 6.07) is 10.4. The standard InChI is InChI=1S/C21H21ClN2O4/c1-15(25)19-12-16(22)5-7-20(19)28-14-18-13-24(10-11-27-18)21(26)8-6-17-4-2-3-9-23-17/h2-9,12,18H,10-11,13-14H2,1H3. The molecule has 1 aromatic carbocycles. The molecule has 0 bridgehead atoms. The third-order valence-electron chi connectivity index (χ3n) is 4.28. The van der Waals surface area contributed by atoms with Crippen LogP contribution >= 0.6 is 11.6 Å². The van der Waals surface area contributed by atoms with Crippen molar-refractivity contribution in [3.05, 3.63) is 65.0 Å². The maximum Gasteiger partial charge on any atom is 0.246 e. The van der Waals surface area contributed by atoms with Crippen LogP contribution in [-0.2, 0) is 9.53 Å². The lowest BCUT2D eigenvalue weighted by Gasteiger charge is -2.32. The minimum atomic E-state index is -0.281. The number of ether oxygens (including phenoxy) is 2. The van der Waals surface area contributed by atoms with Crippen molar-refractivity contribution in [2.45, 2.75) is 13.0 Å². The molecule has 1 aromatic heterocycles. The summed E-state index contributed by atoms with van der Waals surface area (Å²) >= 11 is 5.95. The van der Waals surface area contributed by atoms with Gasteiger partial charge in [-0.1, -0.05) is 17.7 Å². The number of hydrogen-bond donors (Lipinski definition) is 0. The van der Waals surface area contributed by atoms with Crippen LogP contribution in [0.5, 0.6) is 5.75 Å². The Morgan fingerprint density at radius 3 is 2.96 bits per heavy atom. The van der Waals surface area contributed by atoms with E-state index in [1.165, 1.54) is 13.0 Å². The van der Waals surface area contributed by atoms with E-state index < -0.39 is 0 Å². The van der Waals surface area contributed by atoms with Crippen LogP contribution in [0.2, 0.25) is 5.02 Å². The highest BCUT2D eigenvalue weighted by atomic mass is 35.5. The average molecular weight is 401 g/mol. The lowest BCUT2D eigenvalue weighted by atomic mass is 10.1. The van der Waals surface area contributed by atoms with E-state index in [2.05, 4.69) is 4.98 Å². The molecule has 2 heterocycles. The molecule has 1 atom stereocenters. The van der Waals surface area contributed by atoms with Crippen molar-refractivity contribution in [1.82, 2.24) is 9.88 Å². The Labute approximate surface area is 168 Å². The number of carbonyl (C=O) groups excluding carboxylic acids is 2. The van der Waals surface area contributed by atoms with E-state index in [0.29, 0.717) is 36.0 Å². The first-order valence-electron chi connectivity index (χ1n) is 8.96. The lowest BCUT2D eigenvalue weighted by Crippen LogP contribution is -2.47. The maximum atomic E-state index is 12.4. The number of morpholine rings is 1. The van der Waals surface area contributed by atoms with Gasteiger partial charge in [-0.05, 0) is 43.3 Å². The molecular weight excluding hydrogens is 380 g/mol. The highest BCUT2D eigenvalue weighted by molar-refractivity contribution is 6.31. The predicted molar refractivity (Wildman–Crippen MR) is 107 cm³/mol. The number of nitrogens with zero attached hydrogens (tertiary/aromatic N) is 2. The molecule has 146 valence electrons. The molecule has 0 radical (unpaired) electrons. The molecule has 0 aliphatic carbocycles. The van der Waals surface area contributed by atoms with Crippen LogP contribution < -0.4 is 4.74 Å². The van der Waals surface area contributed by atoms with E-state index in [9.17, 15) is 9.59 Å². The van der Waals surface area contributed by atoms with Gasteiger partial charge in [0.05, 0.1) is 24.4 Å². The maximum absolute atomic E-state index is 12.4. The predicted octanol–water partition coefficient (Wildman–Crippen LogP) is 3.26. The molecule has 1 fully saturated rings. The summed E-state index contributed by atoms with van der Waals surface area (Å²) in [6.45, 7) is 3.05. The van der Waals surface area contributed by atoms with Crippen LogP contribution in [-0.4, -0.2) is 54.0 Å². The Bertz CT molecular complexity index is 870. The van der Waals surface area contributed by atoms with Crippen molar-refractivity contribution in [2.75, 3.05) is 26.3 Å². The van der Waals surface area contributed by atoms with Gasteiger partial charge in [-0.2, -0.15) is 0 Å². The SMILES string of the molecule is CC(=O)c1cc(Cl)ccc1OCC1CN(C(=O)C=Cc2ccccn2)CCO1. The fourth-order valence-corrected chi connectivity index (χ4v) is 3.02. The molecule has 6 nitrogen and oxygen atoms in total. The first-order chi connectivity index (χ1) is 13.5. The van der Waals surface area contributed by atoms with Gasteiger partial charge in [0.25, 0.3) is 0 Å². The minimum absolute atomic E-state index is 0.102. The Balaban J connectivity index is 1.57. The Kier molecular flexibility index (Phi) is 6.79. The van der Waals surface area contributed by atoms with Gasteiger partial charge in [-0.15, -0.1) is 0 Å². The number of benzene rings is 1. The van der Waals surface area contributed by atoms with E-state index in [1.807, 2.05) is 18.2 Å². The summed E-state index contributed by atoms with van der Waals surface area (Å²) in [5.74, 6) is 0.229. The zero-order valence-electron chi connectivity index (χ0n) is 15.5. The summed E-state index contributed by atoms with van der Waals surface area (Å²) < 4.78 is 11.5. The second kappa shape index (κ2) is 9.48. The Morgan fingerprint density at radius 1 is 1.36 bits per heavy atom. The molecule has 3 rings (SSSR count). The third kappa shape index (κ3) is 5.41. The van der Waals surface area contributed by atoms with Gasteiger partial charge in [-0.25, -0.2) is 0 Å². The first kappa shape index (κ1) is 20.0. The number of halogens is 1. The summed E-state index contributed by atoms with van der Waals surface area (Å²) in [5.41, 5.74) is 1.15. The topological polar surface area (TPSA) is 68.7 Å². The molecule has 0 saturated carbocycles. The van der Waals surface area contributed by atoms with Gasteiger partial charge in [0.1, 0.15) is 18.5 Å². The molecular formula is C21H21ClN2O4. The highest BCUT2D eigenvalue weighted by Crippen LogP contribution is 2.24. The van der Waals surface area contributed by atoms with Gasteiger partial charge >= 0.3 is 0 Å². The average Bonchev–Trinajstić information content (AvgIpc) is 2.72. The number of carbonyl (C=O) groups is 2. The fraction of sp³-hybridized carbons (Fsp3) is 0.286. The van der Waals surface area contributed by atoms with Crippen molar-refractivity contribution < 1.29 is 19.1 Å². The van der Waals surface area contributed by atoms with Crippen LogP contribution in [0.3, 0.4) is 0 Å². The van der Waals surface area contributed by atoms with E-state index in [1.54, 1.807) is 35.4 Å². The molecule has 28 heavy (non-hydrogen) atoms. The van der Waals surface area contributed by atoms with E-state index >= 15 is 0 Å². The van der Waals surface area contributed by atoms with Crippen LogP contribution in [0.15, 0.2) is 48.7 Å². The van der Waals surface area contributed by atoms with Crippen LogP contribution in [0.1, 0.15) is 23.0 Å². The number of amides is 1. The number of rotatable bonds is 6. The summed E-state index contributed by atoms with van der Waals surface area (Å²) in [5, 5.41) is 0.475. The molecule has 1 saturated heterocycles. The largest absolute Gasteiger partial charge is 0.490 e. The van der Waals surface area contributed by atoms with Crippen LogP contribution in [0.25, 0.3) is 6.08 Å². The van der Waals surface area contributed by atoms with Crippen molar-refractivity contribution >= 4 is 29.4 Å². The van der Waals surface area contributed by atoms with Crippen LogP contribution in [0.4, 0.5) is 0 Å². The van der Waals surface area contributed by atoms with Gasteiger partial charge in [0, 0.05) is 23.8 Å². The van der Waals surface area contributed by atoms with Gasteiger partial charge < -0.3 is 14.4 Å². The van der Waals surface area contributed by atoms with Crippen LogP contribution in [0, 0.1) is 0 Å². The number of Topliss-reactive ketones (excluding diaryl/α,β-unsaturated/α-hetero) is 1.